The fraction of sp³-hybridized carbons (Fsp3) is 0.200. The predicted octanol–water partition coefficient (Wildman–Crippen LogP) is 4.26. The zero-order chi connectivity index (χ0) is 21.0. The van der Waals surface area contributed by atoms with Crippen LogP contribution in [0.15, 0.2) is 53.3 Å². The Bertz CT molecular complexity index is 1110. The molecule has 0 fully saturated rings. The molecule has 9 heteroatoms. The van der Waals surface area contributed by atoms with Crippen molar-refractivity contribution in [2.24, 2.45) is 0 Å². The second-order valence-corrected chi connectivity index (χ2v) is 6.52. The van der Waals surface area contributed by atoms with Gasteiger partial charge in [0.25, 0.3) is 5.69 Å². The molecule has 1 heterocycles. The molecule has 0 aliphatic rings. The number of benzene rings is 2. The lowest BCUT2D eigenvalue weighted by molar-refractivity contribution is -0.384. The first-order chi connectivity index (χ1) is 13.9. The van der Waals surface area contributed by atoms with Crippen molar-refractivity contribution in [3.63, 3.8) is 0 Å². The summed E-state index contributed by atoms with van der Waals surface area (Å²) in [5.74, 6) is 0.640. The second-order valence-electron chi connectivity index (χ2n) is 6.08. The van der Waals surface area contributed by atoms with Gasteiger partial charge in [-0.3, -0.25) is 14.9 Å². The van der Waals surface area contributed by atoms with Gasteiger partial charge in [0.05, 0.1) is 24.3 Å². The molecule has 8 nitrogen and oxygen atoms in total. The Morgan fingerprint density at radius 3 is 2.69 bits per heavy atom. The monoisotopic (exact) mass is 415 g/mol. The lowest BCUT2D eigenvalue weighted by Crippen LogP contribution is -2.24. The van der Waals surface area contributed by atoms with Crippen LogP contribution in [-0.2, 0) is 0 Å². The SMILES string of the molecule is CCCOc1cc(-c2cccc(OC)c2)nn(-c2cc(Cl)ccc2[N+](=O)[O-])c1=O. The maximum Gasteiger partial charge on any atom is 0.314 e. The van der Waals surface area contributed by atoms with E-state index < -0.39 is 10.5 Å². The van der Waals surface area contributed by atoms with E-state index in [1.165, 1.54) is 24.3 Å². The van der Waals surface area contributed by atoms with Gasteiger partial charge in [-0.05, 0) is 30.7 Å². The first kappa shape index (κ1) is 20.3. The summed E-state index contributed by atoms with van der Waals surface area (Å²) in [6, 6.07) is 12.5. The third-order valence-corrected chi connectivity index (χ3v) is 4.30. The molecule has 1 aromatic heterocycles. The summed E-state index contributed by atoms with van der Waals surface area (Å²) >= 11 is 6.03. The average Bonchev–Trinajstić information content (AvgIpc) is 2.72. The number of ether oxygens (including phenoxy) is 2. The Kier molecular flexibility index (Phi) is 6.13. The van der Waals surface area contributed by atoms with Gasteiger partial charge < -0.3 is 9.47 Å². The van der Waals surface area contributed by atoms with E-state index in [0.29, 0.717) is 30.0 Å². The zero-order valence-corrected chi connectivity index (χ0v) is 16.5. The van der Waals surface area contributed by atoms with E-state index in [1.807, 2.05) is 6.92 Å². The molecule has 0 aliphatic heterocycles. The smallest absolute Gasteiger partial charge is 0.314 e. The van der Waals surface area contributed by atoms with E-state index in [0.717, 1.165) is 4.68 Å². The molecule has 0 atom stereocenters. The van der Waals surface area contributed by atoms with Crippen LogP contribution in [0.4, 0.5) is 5.69 Å². The molecule has 0 saturated heterocycles. The summed E-state index contributed by atoms with van der Waals surface area (Å²) in [6.45, 7) is 2.22. The number of hydrogen-bond donors (Lipinski definition) is 0. The minimum Gasteiger partial charge on any atom is -0.497 e. The molecule has 0 N–H and O–H groups in total. The summed E-state index contributed by atoms with van der Waals surface area (Å²) in [4.78, 5) is 23.8. The van der Waals surface area contributed by atoms with Gasteiger partial charge in [0.15, 0.2) is 5.75 Å². The molecule has 3 aromatic rings. The lowest BCUT2D eigenvalue weighted by Gasteiger charge is -2.12. The third-order valence-electron chi connectivity index (χ3n) is 4.07. The number of nitro benzene ring substituents is 1. The molecule has 150 valence electrons. The van der Waals surface area contributed by atoms with Crippen molar-refractivity contribution in [3.05, 3.63) is 74.0 Å². The molecule has 0 spiro atoms. The highest BCUT2D eigenvalue weighted by Gasteiger charge is 2.21. The summed E-state index contributed by atoms with van der Waals surface area (Å²) in [6.07, 6.45) is 0.688. The van der Waals surface area contributed by atoms with E-state index in [1.54, 1.807) is 31.4 Å². The van der Waals surface area contributed by atoms with Gasteiger partial charge >= 0.3 is 5.56 Å². The number of halogens is 1. The van der Waals surface area contributed by atoms with Crippen molar-refractivity contribution in [3.8, 4) is 28.4 Å². The minimum absolute atomic E-state index is 0.0361. The molecule has 2 aromatic carbocycles. The summed E-state index contributed by atoms with van der Waals surface area (Å²) in [5.41, 5.74) is 0.0929. The van der Waals surface area contributed by atoms with Crippen molar-refractivity contribution in [2.75, 3.05) is 13.7 Å². The van der Waals surface area contributed by atoms with Gasteiger partial charge in [-0.2, -0.15) is 9.78 Å². The molecular formula is C20H18ClN3O5. The van der Waals surface area contributed by atoms with E-state index in [9.17, 15) is 14.9 Å². The maximum absolute atomic E-state index is 13.0. The Morgan fingerprint density at radius 2 is 2.00 bits per heavy atom. The maximum atomic E-state index is 13.0. The minimum atomic E-state index is -0.615. The average molecular weight is 416 g/mol. The van der Waals surface area contributed by atoms with Gasteiger partial charge in [0.2, 0.25) is 0 Å². The topological polar surface area (TPSA) is 96.5 Å². The van der Waals surface area contributed by atoms with Crippen molar-refractivity contribution >= 4 is 17.3 Å². The molecule has 0 saturated carbocycles. The molecule has 0 aliphatic carbocycles. The van der Waals surface area contributed by atoms with E-state index in [4.69, 9.17) is 21.1 Å². The van der Waals surface area contributed by atoms with Gasteiger partial charge in [-0.1, -0.05) is 30.7 Å². The van der Waals surface area contributed by atoms with Crippen molar-refractivity contribution < 1.29 is 14.4 Å². The molecule has 0 unspecified atom stereocenters. The Hall–Kier alpha value is -3.39. The van der Waals surface area contributed by atoms with Crippen molar-refractivity contribution in [1.82, 2.24) is 9.78 Å². The Morgan fingerprint density at radius 1 is 1.21 bits per heavy atom. The molecule has 0 amide bonds. The van der Waals surface area contributed by atoms with Crippen LogP contribution in [0.3, 0.4) is 0 Å². The highest BCUT2D eigenvalue weighted by atomic mass is 35.5. The largest absolute Gasteiger partial charge is 0.497 e. The van der Waals surface area contributed by atoms with Gasteiger partial charge in [0, 0.05) is 22.7 Å². The molecule has 0 bridgehead atoms. The molecule has 0 radical (unpaired) electrons. The molecule has 29 heavy (non-hydrogen) atoms. The standard InChI is InChI=1S/C20H18ClN3O5/c1-3-9-29-19-12-16(13-5-4-6-15(10-13)28-2)22-23(20(19)25)18-11-14(21)7-8-17(18)24(26)27/h4-8,10-12H,3,9H2,1-2H3. The van der Waals surface area contributed by atoms with Crippen LogP contribution < -0.4 is 15.0 Å². The van der Waals surface area contributed by atoms with Crippen LogP contribution in [0, 0.1) is 10.1 Å². The highest BCUT2D eigenvalue weighted by Crippen LogP contribution is 2.28. The van der Waals surface area contributed by atoms with Crippen molar-refractivity contribution in [1.29, 1.82) is 0 Å². The number of methoxy groups -OCH3 is 1. The molecule has 3 rings (SSSR count). The Labute approximate surface area is 171 Å². The summed E-state index contributed by atoms with van der Waals surface area (Å²) in [5, 5.41) is 16.1. The van der Waals surface area contributed by atoms with Gasteiger partial charge in [0.1, 0.15) is 11.4 Å². The molecular weight excluding hydrogens is 398 g/mol. The number of nitro groups is 1. The quantitative estimate of drug-likeness (QED) is 0.422. The second kappa shape index (κ2) is 8.74. The summed E-state index contributed by atoms with van der Waals surface area (Å²) in [7, 11) is 1.54. The fourth-order valence-corrected chi connectivity index (χ4v) is 2.86. The highest BCUT2D eigenvalue weighted by molar-refractivity contribution is 6.30. The Balaban J connectivity index is 2.28. The van der Waals surface area contributed by atoms with Gasteiger partial charge in [-0.25, -0.2) is 0 Å². The normalized spacial score (nSPS) is 10.6. The third kappa shape index (κ3) is 4.38. The number of rotatable bonds is 7. The van der Waals surface area contributed by atoms with Crippen LogP contribution in [0.25, 0.3) is 16.9 Å². The van der Waals surface area contributed by atoms with Crippen LogP contribution in [0.5, 0.6) is 11.5 Å². The van der Waals surface area contributed by atoms with E-state index in [-0.39, 0.29) is 22.1 Å². The first-order valence-electron chi connectivity index (χ1n) is 8.80. The zero-order valence-electron chi connectivity index (χ0n) is 15.8. The van der Waals surface area contributed by atoms with Crippen molar-refractivity contribution in [2.45, 2.75) is 13.3 Å². The number of nitrogens with zero attached hydrogens (tertiary/aromatic N) is 3. The van der Waals surface area contributed by atoms with Crippen LogP contribution in [-0.4, -0.2) is 28.4 Å². The van der Waals surface area contributed by atoms with Crippen LogP contribution in [0.1, 0.15) is 13.3 Å². The predicted molar refractivity (Wildman–Crippen MR) is 109 cm³/mol. The number of aromatic nitrogens is 2. The van der Waals surface area contributed by atoms with Gasteiger partial charge in [-0.15, -0.1) is 0 Å². The lowest BCUT2D eigenvalue weighted by atomic mass is 10.1. The summed E-state index contributed by atoms with van der Waals surface area (Å²) < 4.78 is 11.8. The fourth-order valence-electron chi connectivity index (χ4n) is 2.70. The number of hydrogen-bond acceptors (Lipinski definition) is 6. The first-order valence-corrected chi connectivity index (χ1v) is 9.18. The van der Waals surface area contributed by atoms with Crippen LogP contribution >= 0.6 is 11.6 Å². The van der Waals surface area contributed by atoms with E-state index in [2.05, 4.69) is 5.10 Å². The van der Waals surface area contributed by atoms with E-state index >= 15 is 0 Å². The van der Waals surface area contributed by atoms with Crippen LogP contribution in [0.2, 0.25) is 5.02 Å².